The van der Waals surface area contributed by atoms with E-state index in [2.05, 4.69) is 72.6 Å². The third-order valence-electron chi connectivity index (χ3n) is 3.67. The lowest BCUT2D eigenvalue weighted by Crippen LogP contribution is -2.23. The van der Waals surface area contributed by atoms with Crippen LogP contribution in [-0.4, -0.2) is 0 Å². The summed E-state index contributed by atoms with van der Waals surface area (Å²) in [6, 6.07) is 0. The molecule has 0 aromatic rings. The average Bonchev–Trinajstić information content (AvgIpc) is 2.70. The lowest BCUT2D eigenvalue weighted by molar-refractivity contribution is 0.210. The summed E-state index contributed by atoms with van der Waals surface area (Å²) in [6.07, 6.45) is 14.3. The van der Waals surface area contributed by atoms with Crippen LogP contribution < -0.4 is 0 Å². The molecule has 0 nitrogen and oxygen atoms in total. The van der Waals surface area contributed by atoms with E-state index in [1.54, 1.807) is 0 Å². The van der Waals surface area contributed by atoms with Crippen molar-refractivity contribution in [3.63, 3.8) is 0 Å². The molecule has 0 fully saturated rings. The van der Waals surface area contributed by atoms with Crippen molar-refractivity contribution in [1.82, 2.24) is 0 Å². The molecule has 1 aliphatic rings. The quantitative estimate of drug-likeness (QED) is 0.316. The summed E-state index contributed by atoms with van der Waals surface area (Å²) in [5, 5.41) is 0. The highest BCUT2D eigenvalue weighted by molar-refractivity contribution is 5.10. The summed E-state index contributed by atoms with van der Waals surface area (Å²) in [5.41, 5.74) is 2.85. The van der Waals surface area contributed by atoms with Crippen molar-refractivity contribution in [2.45, 2.75) is 109 Å². The fraction of sp³-hybridized carbons (Fsp3) is 0.655. The van der Waals surface area contributed by atoms with Crippen molar-refractivity contribution in [3.05, 3.63) is 61.3 Å². The molecule has 2 unspecified atom stereocenters. The highest BCUT2D eigenvalue weighted by Gasteiger charge is 2.26. The summed E-state index contributed by atoms with van der Waals surface area (Å²) in [7, 11) is 0. The Balaban J connectivity index is -0.0000000955. The van der Waals surface area contributed by atoms with Gasteiger partial charge in [0.25, 0.3) is 0 Å². The Morgan fingerprint density at radius 3 is 1.59 bits per heavy atom. The molecular weight excluding hydrogens is 348 g/mol. The molecule has 0 saturated heterocycles. The van der Waals surface area contributed by atoms with E-state index < -0.39 is 0 Å². The van der Waals surface area contributed by atoms with Crippen LogP contribution in [0.2, 0.25) is 0 Å². The zero-order valence-corrected chi connectivity index (χ0v) is 22.8. The molecule has 0 radical (unpaired) electrons. The lowest BCUT2D eigenvalue weighted by Gasteiger charge is -2.34. The molecule has 0 amide bonds. The summed E-state index contributed by atoms with van der Waals surface area (Å²) in [4.78, 5) is 0. The summed E-state index contributed by atoms with van der Waals surface area (Å²) in [6.45, 7) is 38.2. The van der Waals surface area contributed by atoms with Gasteiger partial charge >= 0.3 is 0 Å². The van der Waals surface area contributed by atoms with E-state index in [-0.39, 0.29) is 0 Å². The summed E-state index contributed by atoms with van der Waals surface area (Å²) < 4.78 is 0. The maximum atomic E-state index is 3.85. The van der Waals surface area contributed by atoms with E-state index >= 15 is 0 Å². The monoisotopic (exact) mass is 406 g/mol. The first-order chi connectivity index (χ1) is 13.5. The van der Waals surface area contributed by atoms with Gasteiger partial charge in [-0.25, -0.2) is 0 Å². The fourth-order valence-corrected chi connectivity index (χ4v) is 1.92. The molecule has 0 N–H and O–H groups in total. The minimum atomic E-state index is 0.450. The topological polar surface area (TPSA) is 0 Å². The molecule has 174 valence electrons. The lowest BCUT2D eigenvalue weighted by atomic mass is 9.72. The third kappa shape index (κ3) is 38.0. The summed E-state index contributed by atoms with van der Waals surface area (Å²) >= 11 is 0. The number of hydrogen-bond acceptors (Lipinski definition) is 0. The molecule has 0 aromatic heterocycles. The van der Waals surface area contributed by atoms with Crippen LogP contribution in [0.3, 0.4) is 0 Å². The first-order valence-corrected chi connectivity index (χ1v) is 11.7. The van der Waals surface area contributed by atoms with Gasteiger partial charge in [-0.1, -0.05) is 117 Å². The molecule has 0 aromatic carbocycles. The molecule has 0 saturated carbocycles. The van der Waals surface area contributed by atoms with Crippen molar-refractivity contribution in [2.24, 2.45) is 17.3 Å². The SMILES string of the molecule is C=C(C)C.C=C/C(C)=C\C.C=CC1C=CCC(C(C)(C)C)C1.CC.CC.CCC. The van der Waals surface area contributed by atoms with Crippen LogP contribution in [0.1, 0.15) is 109 Å². The standard InChI is InChI=1S/C12H20.C6H10.C4H8.C3H8.2C2H6/c1-5-10-7-6-8-11(9-10)12(2,3)4;1-4-6(3)5-2;1-4(2)3;1-3-2;2*1-2/h5-7,10-11H,1,8-9H2,2-4H3;4-5H,1H2,2-3H3;1H2,2-3H3;3H2,1-2H3;2*1-2H3/b;6-5-;;;;. The van der Waals surface area contributed by atoms with Crippen LogP contribution in [-0.2, 0) is 0 Å². The first kappa shape index (κ1) is 38.3. The Morgan fingerprint density at radius 1 is 1.00 bits per heavy atom. The van der Waals surface area contributed by atoms with E-state index in [9.17, 15) is 0 Å². The summed E-state index contributed by atoms with van der Waals surface area (Å²) in [5.74, 6) is 1.44. The maximum Gasteiger partial charge on any atom is -0.00532 e. The predicted molar refractivity (Wildman–Crippen MR) is 144 cm³/mol. The van der Waals surface area contributed by atoms with Crippen molar-refractivity contribution in [2.75, 3.05) is 0 Å². The van der Waals surface area contributed by atoms with Crippen LogP contribution in [0.15, 0.2) is 61.3 Å². The van der Waals surface area contributed by atoms with Crippen LogP contribution in [0.4, 0.5) is 0 Å². The first-order valence-electron chi connectivity index (χ1n) is 11.7. The van der Waals surface area contributed by atoms with Gasteiger partial charge in [-0.3, -0.25) is 0 Å². The second-order valence-electron chi connectivity index (χ2n) is 8.01. The highest BCUT2D eigenvalue weighted by atomic mass is 14.3. The van der Waals surface area contributed by atoms with Gasteiger partial charge in [0.2, 0.25) is 0 Å². The Labute approximate surface area is 188 Å². The Bertz CT molecular complexity index is 394. The fourth-order valence-electron chi connectivity index (χ4n) is 1.92. The zero-order chi connectivity index (χ0) is 24.5. The van der Waals surface area contributed by atoms with Gasteiger partial charge in [-0.2, -0.15) is 0 Å². The van der Waals surface area contributed by atoms with E-state index in [0.717, 1.165) is 5.92 Å². The molecule has 2 atom stereocenters. The van der Waals surface area contributed by atoms with Gasteiger partial charge in [0.15, 0.2) is 0 Å². The smallest absolute Gasteiger partial charge is 0.00532 e. The second kappa shape index (κ2) is 28.9. The molecule has 0 heteroatoms. The van der Waals surface area contributed by atoms with Crippen molar-refractivity contribution >= 4 is 0 Å². The number of allylic oxidation sites excluding steroid dienone is 7. The minimum Gasteiger partial charge on any atom is -0.102 e. The molecule has 29 heavy (non-hydrogen) atoms. The molecule has 0 spiro atoms. The van der Waals surface area contributed by atoms with Crippen molar-refractivity contribution in [1.29, 1.82) is 0 Å². The van der Waals surface area contributed by atoms with E-state index in [0.29, 0.717) is 11.3 Å². The predicted octanol–water partition coefficient (Wildman–Crippen LogP) is 11.0. The molecule has 0 bridgehead atoms. The average molecular weight is 407 g/mol. The van der Waals surface area contributed by atoms with Crippen molar-refractivity contribution < 1.29 is 0 Å². The zero-order valence-electron chi connectivity index (χ0n) is 22.8. The van der Waals surface area contributed by atoms with Gasteiger partial charge in [0, 0.05) is 0 Å². The molecule has 0 aliphatic heterocycles. The van der Waals surface area contributed by atoms with E-state index in [1.165, 1.54) is 30.4 Å². The largest absolute Gasteiger partial charge is 0.102 e. The van der Waals surface area contributed by atoms with Crippen LogP contribution in [0.25, 0.3) is 0 Å². The number of hydrogen-bond donors (Lipinski definition) is 0. The highest BCUT2D eigenvalue weighted by Crippen LogP contribution is 2.37. The van der Waals surface area contributed by atoms with Gasteiger partial charge in [0.05, 0.1) is 0 Å². The Hall–Kier alpha value is -1.30. The van der Waals surface area contributed by atoms with E-state index in [4.69, 9.17) is 0 Å². The molecular formula is C29H58. The van der Waals surface area contributed by atoms with Crippen molar-refractivity contribution in [3.8, 4) is 0 Å². The molecule has 0 heterocycles. The normalized spacial score (nSPS) is 16.8. The van der Waals surface area contributed by atoms with Gasteiger partial charge in [-0.05, 0) is 57.8 Å². The van der Waals surface area contributed by atoms with Gasteiger partial charge < -0.3 is 0 Å². The molecule has 1 rings (SSSR count). The van der Waals surface area contributed by atoms with Gasteiger partial charge in [-0.15, -0.1) is 13.2 Å². The molecule has 1 aliphatic carbocycles. The van der Waals surface area contributed by atoms with Crippen LogP contribution in [0, 0.1) is 17.3 Å². The maximum absolute atomic E-state index is 3.85. The van der Waals surface area contributed by atoms with Crippen LogP contribution >= 0.6 is 0 Å². The number of rotatable bonds is 2. The van der Waals surface area contributed by atoms with Crippen LogP contribution in [0.5, 0.6) is 0 Å². The Morgan fingerprint density at radius 2 is 1.38 bits per heavy atom. The van der Waals surface area contributed by atoms with Gasteiger partial charge in [0.1, 0.15) is 0 Å². The second-order valence-corrected chi connectivity index (χ2v) is 8.01. The Kier molecular flexibility index (Phi) is 38.2. The minimum absolute atomic E-state index is 0.450. The third-order valence-corrected chi connectivity index (χ3v) is 3.67. The van der Waals surface area contributed by atoms with E-state index in [1.807, 2.05) is 67.5 Å².